The van der Waals surface area contributed by atoms with E-state index in [4.69, 9.17) is 14.2 Å². The molecule has 0 unspecified atom stereocenters. The van der Waals surface area contributed by atoms with Crippen molar-refractivity contribution in [1.82, 2.24) is 0 Å². The van der Waals surface area contributed by atoms with Crippen molar-refractivity contribution in [3.8, 4) is 17.2 Å². The minimum absolute atomic E-state index is 0.135. The molecule has 0 aliphatic heterocycles. The number of nitrogens with one attached hydrogen (secondary N) is 1. The van der Waals surface area contributed by atoms with E-state index in [0.29, 0.717) is 28.5 Å². The van der Waals surface area contributed by atoms with E-state index in [1.807, 2.05) is 0 Å². The number of aryl methyl sites for hydroxylation is 2. The maximum atomic E-state index is 12.7. The van der Waals surface area contributed by atoms with Gasteiger partial charge in [0.25, 0.3) is 5.91 Å². The standard InChI is InChI=1S/C19H21NO6/c1-10-6-11(2)14(9-13(10)19(22)23)20-18(21)12-7-15(24-3)17(26-5)16(8-12)25-4/h6-9H,1-5H3,(H,20,21)(H,22,23). The van der Waals surface area contributed by atoms with Gasteiger partial charge in [-0.05, 0) is 43.2 Å². The van der Waals surface area contributed by atoms with Gasteiger partial charge in [-0.1, -0.05) is 6.07 Å². The van der Waals surface area contributed by atoms with Gasteiger partial charge in [0, 0.05) is 11.3 Å². The maximum Gasteiger partial charge on any atom is 0.336 e. The van der Waals surface area contributed by atoms with Crippen molar-refractivity contribution in [2.75, 3.05) is 26.6 Å². The molecule has 7 heteroatoms. The normalized spacial score (nSPS) is 10.2. The highest BCUT2D eigenvalue weighted by atomic mass is 16.5. The molecule has 26 heavy (non-hydrogen) atoms. The molecule has 2 aromatic carbocycles. The summed E-state index contributed by atoms with van der Waals surface area (Å²) in [7, 11) is 4.40. The monoisotopic (exact) mass is 359 g/mol. The number of rotatable bonds is 6. The number of carbonyl (C=O) groups excluding carboxylic acids is 1. The van der Waals surface area contributed by atoms with Gasteiger partial charge in [-0.2, -0.15) is 0 Å². The molecule has 0 fully saturated rings. The lowest BCUT2D eigenvalue weighted by Crippen LogP contribution is -2.14. The Balaban J connectivity index is 2.42. The van der Waals surface area contributed by atoms with Crippen LogP contribution in [0, 0.1) is 13.8 Å². The Morgan fingerprint density at radius 3 is 1.92 bits per heavy atom. The van der Waals surface area contributed by atoms with Crippen LogP contribution in [0.25, 0.3) is 0 Å². The van der Waals surface area contributed by atoms with Crippen molar-refractivity contribution in [3.63, 3.8) is 0 Å². The number of benzene rings is 2. The molecule has 138 valence electrons. The minimum Gasteiger partial charge on any atom is -0.493 e. The molecule has 0 bridgehead atoms. The molecule has 2 aromatic rings. The minimum atomic E-state index is -1.05. The quantitative estimate of drug-likeness (QED) is 0.822. The number of carbonyl (C=O) groups is 2. The third-order valence-electron chi connectivity index (χ3n) is 3.98. The van der Waals surface area contributed by atoms with Crippen molar-refractivity contribution in [3.05, 3.63) is 46.5 Å². The summed E-state index contributed by atoms with van der Waals surface area (Å²) in [5.74, 6) is -0.391. The van der Waals surface area contributed by atoms with Crippen LogP contribution in [0.15, 0.2) is 24.3 Å². The van der Waals surface area contributed by atoms with Crippen molar-refractivity contribution in [2.24, 2.45) is 0 Å². The highest BCUT2D eigenvalue weighted by molar-refractivity contribution is 6.06. The van der Waals surface area contributed by atoms with Gasteiger partial charge in [0.05, 0.1) is 26.9 Å². The number of hydrogen-bond donors (Lipinski definition) is 2. The van der Waals surface area contributed by atoms with Gasteiger partial charge in [-0.25, -0.2) is 4.79 Å². The lowest BCUT2D eigenvalue weighted by Gasteiger charge is -2.15. The summed E-state index contributed by atoms with van der Waals surface area (Å²) < 4.78 is 15.7. The molecule has 0 heterocycles. The summed E-state index contributed by atoms with van der Waals surface area (Å²) in [4.78, 5) is 24.0. The van der Waals surface area contributed by atoms with Crippen LogP contribution in [0.1, 0.15) is 31.8 Å². The fraction of sp³-hybridized carbons (Fsp3) is 0.263. The molecular formula is C19H21NO6. The number of methoxy groups -OCH3 is 3. The first-order valence-electron chi connectivity index (χ1n) is 7.78. The van der Waals surface area contributed by atoms with Crippen molar-refractivity contribution in [2.45, 2.75) is 13.8 Å². The van der Waals surface area contributed by atoms with Crippen molar-refractivity contribution >= 4 is 17.6 Å². The molecule has 0 aliphatic rings. The summed E-state index contributed by atoms with van der Waals surface area (Å²) in [6.07, 6.45) is 0. The average molecular weight is 359 g/mol. The average Bonchev–Trinajstić information content (AvgIpc) is 2.61. The second kappa shape index (κ2) is 7.77. The molecule has 7 nitrogen and oxygen atoms in total. The first kappa shape index (κ1) is 19.1. The van der Waals surface area contributed by atoms with Crippen LogP contribution >= 0.6 is 0 Å². The second-order valence-electron chi connectivity index (χ2n) is 5.66. The molecule has 2 N–H and O–H groups in total. The molecule has 2 rings (SSSR count). The Labute approximate surface area is 151 Å². The van der Waals surface area contributed by atoms with Crippen LogP contribution in [0.3, 0.4) is 0 Å². The van der Waals surface area contributed by atoms with E-state index in [1.165, 1.54) is 39.5 Å². The highest BCUT2D eigenvalue weighted by Crippen LogP contribution is 2.38. The largest absolute Gasteiger partial charge is 0.493 e. The zero-order valence-corrected chi connectivity index (χ0v) is 15.3. The van der Waals surface area contributed by atoms with E-state index < -0.39 is 11.9 Å². The fourth-order valence-electron chi connectivity index (χ4n) is 2.62. The third-order valence-corrected chi connectivity index (χ3v) is 3.98. The molecule has 0 saturated heterocycles. The van der Waals surface area contributed by atoms with Gasteiger partial charge >= 0.3 is 5.97 Å². The Hall–Kier alpha value is -3.22. The van der Waals surface area contributed by atoms with Crippen molar-refractivity contribution in [1.29, 1.82) is 0 Å². The van der Waals surface area contributed by atoms with E-state index in [9.17, 15) is 14.7 Å². The van der Waals surface area contributed by atoms with E-state index in [2.05, 4.69) is 5.32 Å². The van der Waals surface area contributed by atoms with E-state index in [-0.39, 0.29) is 11.1 Å². The summed E-state index contributed by atoms with van der Waals surface area (Å²) in [6.45, 7) is 3.50. The molecular weight excluding hydrogens is 338 g/mol. The number of carboxylic acid groups (broad SMARTS) is 1. The number of carboxylic acids is 1. The lowest BCUT2D eigenvalue weighted by molar-refractivity contribution is 0.0695. The Kier molecular flexibility index (Phi) is 5.71. The predicted octanol–water partition coefficient (Wildman–Crippen LogP) is 3.28. The highest BCUT2D eigenvalue weighted by Gasteiger charge is 2.18. The van der Waals surface area contributed by atoms with Gasteiger partial charge in [-0.15, -0.1) is 0 Å². The summed E-state index contributed by atoms with van der Waals surface area (Å²) in [6, 6.07) is 6.22. The van der Waals surface area contributed by atoms with Crippen LogP contribution in [0.4, 0.5) is 5.69 Å². The molecule has 0 radical (unpaired) electrons. The fourth-order valence-corrected chi connectivity index (χ4v) is 2.62. The number of amides is 1. The van der Waals surface area contributed by atoms with E-state index >= 15 is 0 Å². The lowest BCUT2D eigenvalue weighted by atomic mass is 10.0. The van der Waals surface area contributed by atoms with E-state index in [1.54, 1.807) is 19.9 Å². The summed E-state index contributed by atoms with van der Waals surface area (Å²) in [5.41, 5.74) is 2.23. The topological polar surface area (TPSA) is 94.1 Å². The molecule has 0 saturated carbocycles. The van der Waals surface area contributed by atoms with Gasteiger partial charge in [-0.3, -0.25) is 4.79 Å². The number of hydrogen-bond acceptors (Lipinski definition) is 5. The van der Waals surface area contributed by atoms with Crippen LogP contribution in [0.2, 0.25) is 0 Å². The van der Waals surface area contributed by atoms with Crippen LogP contribution in [-0.2, 0) is 0 Å². The zero-order valence-electron chi connectivity index (χ0n) is 15.3. The third kappa shape index (κ3) is 3.72. The van der Waals surface area contributed by atoms with E-state index in [0.717, 1.165) is 5.56 Å². The number of anilines is 1. The number of ether oxygens (including phenoxy) is 3. The number of aromatic carboxylic acids is 1. The molecule has 0 atom stereocenters. The second-order valence-corrected chi connectivity index (χ2v) is 5.66. The maximum absolute atomic E-state index is 12.7. The molecule has 0 aromatic heterocycles. The van der Waals surface area contributed by atoms with Crippen LogP contribution in [-0.4, -0.2) is 38.3 Å². The predicted molar refractivity (Wildman–Crippen MR) is 96.9 cm³/mol. The zero-order chi connectivity index (χ0) is 19.4. The summed E-state index contributed by atoms with van der Waals surface area (Å²) in [5, 5.41) is 12.0. The van der Waals surface area contributed by atoms with Gasteiger partial charge < -0.3 is 24.6 Å². The Morgan fingerprint density at radius 2 is 1.46 bits per heavy atom. The molecule has 1 amide bonds. The van der Waals surface area contributed by atoms with Crippen molar-refractivity contribution < 1.29 is 28.9 Å². The first-order chi connectivity index (χ1) is 12.3. The van der Waals surface area contributed by atoms with Gasteiger partial charge in [0.2, 0.25) is 5.75 Å². The van der Waals surface area contributed by atoms with Crippen LogP contribution in [0.5, 0.6) is 17.2 Å². The smallest absolute Gasteiger partial charge is 0.336 e. The van der Waals surface area contributed by atoms with Gasteiger partial charge in [0.15, 0.2) is 11.5 Å². The Morgan fingerprint density at radius 1 is 0.885 bits per heavy atom. The molecule has 0 spiro atoms. The summed E-state index contributed by atoms with van der Waals surface area (Å²) >= 11 is 0. The first-order valence-corrected chi connectivity index (χ1v) is 7.78. The SMILES string of the molecule is COc1cc(C(=O)Nc2cc(C(=O)O)c(C)cc2C)cc(OC)c1OC. The molecule has 0 aliphatic carbocycles. The van der Waals surface area contributed by atoms with Crippen LogP contribution < -0.4 is 19.5 Å². The Bertz CT molecular complexity index is 834. The van der Waals surface area contributed by atoms with Gasteiger partial charge in [0.1, 0.15) is 0 Å².